The number of pyridine rings is 1. The van der Waals surface area contributed by atoms with Crippen molar-refractivity contribution in [3.63, 3.8) is 0 Å². The summed E-state index contributed by atoms with van der Waals surface area (Å²) in [6.45, 7) is 3.99. The van der Waals surface area contributed by atoms with Gasteiger partial charge in [0, 0.05) is 18.0 Å². The third-order valence-corrected chi connectivity index (χ3v) is 6.66. The van der Waals surface area contributed by atoms with Gasteiger partial charge in [-0.1, -0.05) is 52.0 Å². The minimum Gasteiger partial charge on any atom is -0.383 e. The number of nitrogen functional groups attached to an aromatic ring is 1. The van der Waals surface area contributed by atoms with Crippen LogP contribution in [0.3, 0.4) is 0 Å². The van der Waals surface area contributed by atoms with Crippen LogP contribution in [0.4, 0.5) is 14.6 Å². The number of ketones is 1. The number of nitrogens with two attached hydrogens (primary N) is 1. The lowest BCUT2D eigenvalue weighted by molar-refractivity contribution is -0.131. The second-order valence-corrected chi connectivity index (χ2v) is 9.53. The number of Topliss-reactive ketones (excluding diaryl/α,β-unsaturated/α-hetero) is 1. The predicted octanol–water partition coefficient (Wildman–Crippen LogP) is 4.94. The van der Waals surface area contributed by atoms with Crippen LogP contribution in [0.2, 0.25) is 0 Å². The monoisotopic (exact) mass is 512 g/mol. The smallest absolute Gasteiger partial charge is 0.238 e. The number of aryl methyl sites for hydroxylation is 1. The van der Waals surface area contributed by atoms with Crippen LogP contribution in [-0.4, -0.2) is 47.8 Å². The van der Waals surface area contributed by atoms with Gasteiger partial charge in [-0.2, -0.15) is 0 Å². The van der Waals surface area contributed by atoms with E-state index in [0.717, 1.165) is 34.9 Å². The van der Waals surface area contributed by atoms with Gasteiger partial charge in [0.05, 0.1) is 12.1 Å². The van der Waals surface area contributed by atoms with Crippen molar-refractivity contribution in [1.82, 2.24) is 15.2 Å². The molecule has 0 aliphatic heterocycles. The van der Waals surface area contributed by atoms with Gasteiger partial charge < -0.3 is 11.1 Å². The molecule has 0 spiro atoms. The highest BCUT2D eigenvalue weighted by atomic mass is 19.2. The first-order chi connectivity index (χ1) is 17.1. The van der Waals surface area contributed by atoms with E-state index in [2.05, 4.69) is 10.3 Å². The third kappa shape index (κ3) is 7.55. The molecule has 1 amide bonds. The van der Waals surface area contributed by atoms with E-state index in [1.54, 1.807) is 6.20 Å². The molecule has 0 fully saturated rings. The highest BCUT2D eigenvalue weighted by Crippen LogP contribution is 2.21. The van der Waals surface area contributed by atoms with E-state index in [1.165, 1.54) is 6.07 Å². The molecule has 37 heavy (non-hydrogen) atoms. The van der Waals surface area contributed by atoms with Crippen LogP contribution >= 0.6 is 0 Å². The summed E-state index contributed by atoms with van der Waals surface area (Å²) in [5, 5.41) is 4.67. The number of nitrogens with one attached hydrogen (secondary N) is 1. The van der Waals surface area contributed by atoms with Crippen molar-refractivity contribution in [3.05, 3.63) is 71.4 Å². The van der Waals surface area contributed by atoms with Gasteiger partial charge in [0.1, 0.15) is 5.82 Å². The van der Waals surface area contributed by atoms with Gasteiger partial charge in [-0.3, -0.25) is 14.5 Å². The molecule has 0 saturated carbocycles. The maximum atomic E-state index is 13.8. The largest absolute Gasteiger partial charge is 0.383 e. The number of hydrogen-bond donors (Lipinski definition) is 2. The van der Waals surface area contributed by atoms with E-state index >= 15 is 0 Å². The number of carbonyl (C=O) groups is 2. The Labute approximate surface area is 218 Å². The van der Waals surface area contributed by atoms with Gasteiger partial charge in [-0.15, -0.1) is 0 Å². The topological polar surface area (TPSA) is 88.3 Å². The molecule has 1 heterocycles. The molecule has 0 radical (unpaired) electrons. The lowest BCUT2D eigenvalue weighted by atomic mass is 9.94. The van der Waals surface area contributed by atoms with Gasteiger partial charge in [0.25, 0.3) is 0 Å². The van der Waals surface area contributed by atoms with E-state index < -0.39 is 23.7 Å². The predicted molar refractivity (Wildman–Crippen MR) is 145 cm³/mol. The summed E-state index contributed by atoms with van der Waals surface area (Å²) in [5.41, 5.74) is 7.31. The van der Waals surface area contributed by atoms with Crippen LogP contribution in [0.25, 0.3) is 10.8 Å². The second-order valence-electron chi connectivity index (χ2n) is 9.53. The van der Waals surface area contributed by atoms with Crippen LogP contribution in [-0.2, 0) is 22.4 Å². The molecule has 2 aromatic carbocycles. The number of hydrogen-bond acceptors (Lipinski definition) is 5. The van der Waals surface area contributed by atoms with E-state index in [1.807, 2.05) is 57.1 Å². The average molecular weight is 513 g/mol. The van der Waals surface area contributed by atoms with Crippen molar-refractivity contribution in [3.8, 4) is 0 Å². The van der Waals surface area contributed by atoms with E-state index in [4.69, 9.17) is 5.73 Å². The van der Waals surface area contributed by atoms with Crippen LogP contribution in [0, 0.1) is 17.6 Å². The highest BCUT2D eigenvalue weighted by molar-refractivity contribution is 5.92. The van der Waals surface area contributed by atoms with Crippen molar-refractivity contribution in [2.24, 2.45) is 5.92 Å². The zero-order valence-electron chi connectivity index (χ0n) is 21.2. The van der Waals surface area contributed by atoms with Gasteiger partial charge in [-0.05, 0) is 67.6 Å². The summed E-state index contributed by atoms with van der Waals surface area (Å²) in [5.74, 6) is -1.87. The number of anilines is 1. The minimum atomic E-state index is -0.985. The first kappa shape index (κ1) is 29.8. The molecular weight excluding hydrogens is 474 g/mol. The normalized spacial score (nSPS) is 13.6. The molecule has 0 bridgehead atoms. The Morgan fingerprint density at radius 3 is 2.41 bits per heavy atom. The van der Waals surface area contributed by atoms with E-state index in [9.17, 15) is 18.4 Å². The molecule has 0 aliphatic rings. The van der Waals surface area contributed by atoms with Crippen molar-refractivity contribution in [1.29, 1.82) is 0 Å². The van der Waals surface area contributed by atoms with Gasteiger partial charge >= 0.3 is 0 Å². The molecule has 3 N–H and O–H groups in total. The fraction of sp³-hybridized carbons (Fsp3) is 0.414. The number of nitrogens with zero attached hydrogens (tertiary/aromatic N) is 2. The Kier molecular flexibility index (Phi) is 10.7. The summed E-state index contributed by atoms with van der Waals surface area (Å²) in [6.07, 6.45) is 3.14. The first-order valence-electron chi connectivity index (χ1n) is 12.2. The fourth-order valence-electron chi connectivity index (χ4n) is 4.48. The second kappa shape index (κ2) is 13.2. The Hall–Kier alpha value is -3.39. The number of rotatable bonds is 11. The molecule has 3 aromatic rings. The van der Waals surface area contributed by atoms with Crippen LogP contribution < -0.4 is 11.1 Å². The van der Waals surface area contributed by atoms with Gasteiger partial charge in [0.2, 0.25) is 5.91 Å². The molecule has 200 valence electrons. The molecule has 3 rings (SSSR count). The summed E-state index contributed by atoms with van der Waals surface area (Å²) >= 11 is 0. The lowest BCUT2D eigenvalue weighted by Gasteiger charge is -2.30. The quantitative estimate of drug-likeness (QED) is 0.380. The molecule has 0 aliphatic carbocycles. The van der Waals surface area contributed by atoms with E-state index in [-0.39, 0.29) is 37.9 Å². The number of aromatic nitrogens is 1. The maximum Gasteiger partial charge on any atom is 0.238 e. The molecule has 8 heteroatoms. The van der Waals surface area contributed by atoms with Crippen molar-refractivity contribution in [2.45, 2.75) is 59.0 Å². The number of likely N-dealkylation sites (N-methyl/N-ethyl adjacent to an activating group) is 1. The zero-order valence-corrected chi connectivity index (χ0v) is 21.2. The lowest BCUT2D eigenvalue weighted by Crippen LogP contribution is -2.52. The Balaban J connectivity index is 0.00000481. The standard InChI is InChI=1S/C28H34F2N4O2.CH4/c1-5-17(2)26(34(3)4)28(36)33-24(16-19-7-10-22(29)23(30)15-19)25(35)11-8-18-6-9-21-20(14-18)12-13-32-27(21)31;/h6-7,9-10,12-15,17,24,26H,5,8,11,16H2,1-4H3,(H2,31,32)(H,33,36);1H4/t17?,24-,26+;/m0./s1. The third-order valence-electron chi connectivity index (χ3n) is 6.66. The van der Waals surface area contributed by atoms with Crippen LogP contribution in [0.5, 0.6) is 0 Å². The molecule has 6 nitrogen and oxygen atoms in total. The highest BCUT2D eigenvalue weighted by Gasteiger charge is 2.30. The number of benzene rings is 2. The summed E-state index contributed by atoms with van der Waals surface area (Å²) in [6, 6.07) is 9.86. The van der Waals surface area contributed by atoms with Crippen molar-refractivity contribution < 1.29 is 18.4 Å². The van der Waals surface area contributed by atoms with Gasteiger partial charge in [-0.25, -0.2) is 13.8 Å². The zero-order chi connectivity index (χ0) is 26.4. The van der Waals surface area contributed by atoms with Crippen molar-refractivity contribution in [2.75, 3.05) is 19.8 Å². The molecule has 1 unspecified atom stereocenters. The first-order valence-corrected chi connectivity index (χ1v) is 12.2. The summed E-state index contributed by atoms with van der Waals surface area (Å²) in [7, 11) is 3.65. The summed E-state index contributed by atoms with van der Waals surface area (Å²) < 4.78 is 27.3. The number of carbonyl (C=O) groups excluding carboxylic acids is 2. The fourth-order valence-corrected chi connectivity index (χ4v) is 4.48. The minimum absolute atomic E-state index is 0. The Bertz CT molecular complexity index is 1230. The molecule has 0 saturated heterocycles. The Morgan fingerprint density at radius 2 is 1.76 bits per heavy atom. The number of amides is 1. The average Bonchev–Trinajstić information content (AvgIpc) is 2.84. The van der Waals surface area contributed by atoms with Crippen molar-refractivity contribution >= 4 is 28.3 Å². The van der Waals surface area contributed by atoms with Gasteiger partial charge in [0.15, 0.2) is 17.4 Å². The maximum absolute atomic E-state index is 13.8. The molecule has 3 atom stereocenters. The SMILES string of the molecule is C.CCC(C)[C@H](C(=O)N[C@@H](Cc1ccc(F)c(F)c1)C(=O)CCc1ccc2c(N)nccc2c1)N(C)C. The van der Waals surface area contributed by atoms with Crippen LogP contribution in [0.1, 0.15) is 45.2 Å². The number of halogens is 2. The Morgan fingerprint density at radius 1 is 1.05 bits per heavy atom. The van der Waals surface area contributed by atoms with E-state index in [0.29, 0.717) is 17.8 Å². The van der Waals surface area contributed by atoms with Crippen LogP contribution in [0.15, 0.2) is 48.7 Å². The molecular formula is C29H38F2N4O2. The molecule has 1 aromatic heterocycles. The number of fused-ring (bicyclic) bond motifs is 1. The summed E-state index contributed by atoms with van der Waals surface area (Å²) in [4.78, 5) is 32.5.